The zero-order valence-electron chi connectivity index (χ0n) is 16.7. The van der Waals surface area contributed by atoms with Crippen molar-refractivity contribution in [1.29, 1.82) is 0 Å². The third-order valence-corrected chi connectivity index (χ3v) is 5.73. The molecule has 0 saturated carbocycles. The second-order valence-electron chi connectivity index (χ2n) is 6.79. The molecule has 2 heterocycles. The fourth-order valence-electron chi connectivity index (χ4n) is 2.96. The van der Waals surface area contributed by atoms with E-state index >= 15 is 0 Å². The van der Waals surface area contributed by atoms with Gasteiger partial charge in [0.05, 0.1) is 6.61 Å². The molecule has 1 fully saturated rings. The fourth-order valence-corrected chi connectivity index (χ4v) is 4.35. The Morgan fingerprint density at radius 2 is 1.60 bits per heavy atom. The summed E-state index contributed by atoms with van der Waals surface area (Å²) in [4.78, 5) is 11.2. The number of hydrogen-bond donors (Lipinski definition) is 8. The predicted octanol–water partition coefficient (Wildman–Crippen LogP) is -5.10. The average Bonchev–Trinajstić information content (AvgIpc) is 2.65. The van der Waals surface area contributed by atoms with E-state index in [9.17, 15) is 45.4 Å². The highest BCUT2D eigenvalue weighted by molar-refractivity contribution is 7.83. The Balaban J connectivity index is 2.44. The van der Waals surface area contributed by atoms with Gasteiger partial charge in [0.15, 0.2) is 12.4 Å². The first-order chi connectivity index (χ1) is 15.8. The summed E-state index contributed by atoms with van der Waals surface area (Å²) in [5, 5.41) is 39.6. The Kier molecular flexibility index (Phi) is 9.15. The minimum absolute atomic E-state index is 0.442. The summed E-state index contributed by atoms with van der Waals surface area (Å²) in [6.45, 7) is -1.25. The van der Waals surface area contributed by atoms with Gasteiger partial charge in [0.1, 0.15) is 30.5 Å². The van der Waals surface area contributed by atoms with E-state index in [0.29, 0.717) is 6.08 Å². The van der Waals surface area contributed by atoms with Crippen LogP contribution in [0.3, 0.4) is 0 Å². The molecule has 2 rings (SSSR count). The van der Waals surface area contributed by atoms with E-state index in [1.807, 2.05) is 0 Å². The number of aliphatic hydroxyl groups is 3. The van der Waals surface area contributed by atoms with Crippen molar-refractivity contribution < 1.29 is 86.7 Å². The number of ether oxygens (including phenoxy) is 3. The van der Waals surface area contributed by atoms with Gasteiger partial charge in [-0.1, -0.05) is 0 Å². The molecule has 1 saturated heterocycles. The highest BCUT2D eigenvalue weighted by Gasteiger charge is 2.51. The van der Waals surface area contributed by atoms with Gasteiger partial charge in [-0.05, 0) is 6.08 Å². The molecule has 0 spiro atoms. The summed E-state index contributed by atoms with van der Waals surface area (Å²) in [5.41, 5.74) is 0. The van der Waals surface area contributed by atoms with E-state index in [1.54, 1.807) is 0 Å². The smallest absolute Gasteiger partial charge is 0.397 e. The Bertz CT molecular complexity index is 1130. The number of aliphatic carboxylic acids is 1. The lowest BCUT2D eigenvalue weighted by Gasteiger charge is -2.44. The van der Waals surface area contributed by atoms with Gasteiger partial charge in [0.25, 0.3) is 0 Å². The number of carboxylic acid groups (broad SMARTS) is 1. The summed E-state index contributed by atoms with van der Waals surface area (Å²) in [5.74, 6) is -2.88. The standard InChI is InChI=1S/C12H19NO19S3/c14-3-1-4(10(16)17)30-12(8(3)32-35(25,26)27)31-9-5(2-28-34(22,23)24)29-11(18)6(7(9)15)13-33(19,20)21/h1,3,5-9,11-15,18H,2H2,(H,16,17)(H,19,20,21)(H,22,23,24)(H,25,26,27)/t3-,5+,6+,7+,8+,9+,11-,12+/m0/s1. The van der Waals surface area contributed by atoms with Crippen LogP contribution in [-0.4, -0.2) is 121 Å². The van der Waals surface area contributed by atoms with Gasteiger partial charge < -0.3 is 34.6 Å². The molecule has 23 heteroatoms. The molecule has 20 nitrogen and oxygen atoms in total. The van der Waals surface area contributed by atoms with Crippen LogP contribution < -0.4 is 4.72 Å². The molecule has 0 aromatic heterocycles. The highest BCUT2D eigenvalue weighted by Crippen LogP contribution is 2.30. The number of carbonyl (C=O) groups is 1. The molecule has 2 aliphatic rings. The van der Waals surface area contributed by atoms with Crippen LogP contribution >= 0.6 is 0 Å². The summed E-state index contributed by atoms with van der Waals surface area (Å²) in [6.07, 6.45) is -15.1. The number of nitrogens with one attached hydrogen (secondary N) is 1. The van der Waals surface area contributed by atoms with Gasteiger partial charge in [-0.2, -0.15) is 30.0 Å². The fraction of sp³-hybridized carbons (Fsp3) is 0.750. The van der Waals surface area contributed by atoms with Crippen molar-refractivity contribution in [3.8, 4) is 0 Å². The maximum absolute atomic E-state index is 11.2. The van der Waals surface area contributed by atoms with Crippen LogP contribution in [0.1, 0.15) is 0 Å². The molecule has 204 valence electrons. The van der Waals surface area contributed by atoms with E-state index < -0.39 is 98.6 Å². The molecule has 8 atom stereocenters. The van der Waals surface area contributed by atoms with Crippen LogP contribution in [0.2, 0.25) is 0 Å². The number of rotatable bonds is 10. The first-order valence-corrected chi connectivity index (χ1v) is 12.9. The van der Waals surface area contributed by atoms with Crippen molar-refractivity contribution >= 4 is 37.1 Å². The zero-order chi connectivity index (χ0) is 26.9. The van der Waals surface area contributed by atoms with Crippen LogP contribution in [-0.2, 0) is 58.5 Å². The molecule has 0 unspecified atom stereocenters. The lowest BCUT2D eigenvalue weighted by atomic mass is 9.97. The van der Waals surface area contributed by atoms with Gasteiger partial charge in [0, 0.05) is 0 Å². The van der Waals surface area contributed by atoms with Gasteiger partial charge in [-0.3, -0.25) is 13.7 Å². The Morgan fingerprint density at radius 1 is 1.00 bits per heavy atom. The molecule has 0 amide bonds. The molecule has 0 bridgehead atoms. The first kappa shape index (κ1) is 29.6. The summed E-state index contributed by atoms with van der Waals surface area (Å²) in [7, 11) is -15.7. The van der Waals surface area contributed by atoms with E-state index in [2.05, 4.69) is 8.37 Å². The molecular weight excluding hydrogens is 558 g/mol. The molecule has 0 aromatic rings. The highest BCUT2D eigenvalue weighted by atomic mass is 32.3. The maximum atomic E-state index is 11.2. The molecule has 0 aliphatic carbocycles. The van der Waals surface area contributed by atoms with E-state index in [-0.39, 0.29) is 0 Å². The van der Waals surface area contributed by atoms with E-state index in [0.717, 1.165) is 0 Å². The quantitative estimate of drug-likeness (QED) is 0.112. The number of carboxylic acids is 1. The topological polar surface area (TPSA) is 319 Å². The second-order valence-corrected chi connectivity index (χ2v) is 10.1. The van der Waals surface area contributed by atoms with Crippen molar-refractivity contribution in [2.24, 2.45) is 0 Å². The van der Waals surface area contributed by atoms with Gasteiger partial charge in [-0.15, -0.1) is 0 Å². The van der Waals surface area contributed by atoms with Crippen molar-refractivity contribution in [3.05, 3.63) is 11.8 Å². The maximum Gasteiger partial charge on any atom is 0.397 e. The first-order valence-electron chi connectivity index (χ1n) is 8.76. The van der Waals surface area contributed by atoms with Gasteiger partial charge >= 0.3 is 37.1 Å². The second kappa shape index (κ2) is 10.8. The minimum atomic E-state index is -5.36. The predicted molar refractivity (Wildman–Crippen MR) is 101 cm³/mol. The van der Waals surface area contributed by atoms with E-state index in [1.165, 1.54) is 4.72 Å². The third kappa shape index (κ3) is 8.79. The Morgan fingerprint density at radius 3 is 2.09 bits per heavy atom. The van der Waals surface area contributed by atoms with Gasteiger partial charge in [-0.25, -0.2) is 13.2 Å². The SMILES string of the molecule is O=C(O)C1=C[C@H](O)[C@@H](OS(=O)(=O)O)[C@@H](O[C@H]2[C@H](O)[C@@H](NS(=O)(=O)O)[C@@H](O)O[C@@H]2COS(=O)(=O)O)O1. The lowest BCUT2D eigenvalue weighted by molar-refractivity contribution is -0.303. The van der Waals surface area contributed by atoms with Crippen LogP contribution in [0.25, 0.3) is 0 Å². The molecule has 0 aromatic carbocycles. The third-order valence-electron chi connectivity index (χ3n) is 4.26. The average molecular weight is 577 g/mol. The van der Waals surface area contributed by atoms with Crippen molar-refractivity contribution in [2.75, 3.05) is 6.61 Å². The monoisotopic (exact) mass is 577 g/mol. The number of hydrogen-bond acceptors (Lipinski definition) is 15. The van der Waals surface area contributed by atoms with Crippen molar-refractivity contribution in [3.63, 3.8) is 0 Å². The van der Waals surface area contributed by atoms with Crippen LogP contribution in [0.15, 0.2) is 11.8 Å². The molecule has 35 heavy (non-hydrogen) atoms. The summed E-state index contributed by atoms with van der Waals surface area (Å²) in [6, 6.07) is -2.15. The molecular formula is C12H19NO19S3. The Labute approximate surface area is 196 Å². The minimum Gasteiger partial charge on any atom is -0.475 e. The molecule has 0 radical (unpaired) electrons. The Hall–Kier alpha value is -1.58. The largest absolute Gasteiger partial charge is 0.475 e. The van der Waals surface area contributed by atoms with Crippen LogP contribution in [0, 0.1) is 0 Å². The molecule has 8 N–H and O–H groups in total. The normalized spacial score (nSPS) is 34.6. The zero-order valence-corrected chi connectivity index (χ0v) is 19.1. The van der Waals surface area contributed by atoms with E-state index in [4.69, 9.17) is 33.0 Å². The molecule has 2 aliphatic heterocycles. The van der Waals surface area contributed by atoms with Gasteiger partial charge in [0.2, 0.25) is 12.0 Å². The van der Waals surface area contributed by atoms with Crippen LogP contribution in [0.5, 0.6) is 0 Å². The van der Waals surface area contributed by atoms with Crippen LogP contribution in [0.4, 0.5) is 0 Å². The van der Waals surface area contributed by atoms with Crippen molar-refractivity contribution in [1.82, 2.24) is 4.72 Å². The summed E-state index contributed by atoms with van der Waals surface area (Å²) < 4.78 is 117. The lowest BCUT2D eigenvalue weighted by Crippen LogP contribution is -2.66. The summed E-state index contributed by atoms with van der Waals surface area (Å²) >= 11 is 0. The van der Waals surface area contributed by atoms with Crippen molar-refractivity contribution in [2.45, 2.75) is 49.1 Å². The number of aliphatic hydroxyl groups excluding tert-OH is 3.